The highest BCUT2D eigenvalue weighted by Gasteiger charge is 2.29. The van der Waals surface area contributed by atoms with E-state index in [2.05, 4.69) is 5.32 Å². The van der Waals surface area contributed by atoms with E-state index in [1.54, 1.807) is 11.0 Å². The smallest absolute Gasteiger partial charge is 0.242 e. The molecule has 0 bridgehead atoms. The van der Waals surface area contributed by atoms with Gasteiger partial charge in [-0.25, -0.2) is 12.8 Å². The lowest BCUT2D eigenvalue weighted by atomic mass is 10.1. The fourth-order valence-electron chi connectivity index (χ4n) is 3.95. The zero-order chi connectivity index (χ0) is 26.7. The number of hydrogen-bond donors (Lipinski definition) is 1. The van der Waals surface area contributed by atoms with E-state index in [0.29, 0.717) is 13.0 Å². The Balaban J connectivity index is 2.20. The molecule has 0 unspecified atom stereocenters. The molecule has 2 rings (SSSR count). The lowest BCUT2D eigenvalue weighted by Gasteiger charge is -2.31. The second kappa shape index (κ2) is 14.0. The van der Waals surface area contributed by atoms with Crippen LogP contribution in [0.3, 0.4) is 0 Å². The summed E-state index contributed by atoms with van der Waals surface area (Å²) in [6.45, 7) is 6.64. The number of amides is 2. The largest absolute Gasteiger partial charge is 0.354 e. The summed E-state index contributed by atoms with van der Waals surface area (Å²) in [6, 6.07) is 12.8. The Morgan fingerprint density at radius 2 is 1.69 bits per heavy atom. The molecular formula is C27H38FN3O4S. The van der Waals surface area contributed by atoms with E-state index in [-0.39, 0.29) is 43.4 Å². The number of carbonyl (C=O) groups is 2. The van der Waals surface area contributed by atoms with Crippen molar-refractivity contribution < 1.29 is 22.4 Å². The van der Waals surface area contributed by atoms with Crippen molar-refractivity contribution in [3.8, 4) is 0 Å². The number of carbonyl (C=O) groups excluding carboxylic acids is 2. The molecule has 7 nitrogen and oxygen atoms in total. The lowest BCUT2D eigenvalue weighted by molar-refractivity contribution is -0.141. The molecule has 2 amide bonds. The zero-order valence-electron chi connectivity index (χ0n) is 21.7. The molecule has 0 radical (unpaired) electrons. The van der Waals surface area contributed by atoms with Crippen molar-refractivity contribution >= 4 is 27.5 Å². The van der Waals surface area contributed by atoms with Gasteiger partial charge in [0, 0.05) is 26.1 Å². The topological polar surface area (TPSA) is 86.8 Å². The maximum absolute atomic E-state index is 14.3. The molecule has 0 fully saturated rings. The van der Waals surface area contributed by atoms with Crippen molar-refractivity contribution in [3.05, 3.63) is 65.5 Å². The van der Waals surface area contributed by atoms with Crippen LogP contribution < -0.4 is 9.62 Å². The number of sulfonamides is 1. The van der Waals surface area contributed by atoms with Crippen molar-refractivity contribution in [2.75, 3.05) is 23.7 Å². The molecule has 9 heteroatoms. The highest BCUT2D eigenvalue weighted by Crippen LogP contribution is 2.22. The van der Waals surface area contributed by atoms with Crippen LogP contribution in [-0.4, -0.2) is 50.5 Å². The zero-order valence-corrected chi connectivity index (χ0v) is 22.5. The number of anilines is 1. The summed E-state index contributed by atoms with van der Waals surface area (Å²) in [6.07, 6.45) is 3.45. The number of hydrogen-bond acceptors (Lipinski definition) is 4. The first-order chi connectivity index (χ1) is 17.1. The number of rotatable bonds is 14. The van der Waals surface area contributed by atoms with Crippen LogP contribution in [-0.2, 0) is 26.2 Å². The number of para-hydroxylation sites is 1. The van der Waals surface area contributed by atoms with Crippen LogP contribution in [0.1, 0.15) is 57.1 Å². The molecule has 2 aromatic rings. The molecule has 36 heavy (non-hydrogen) atoms. The minimum absolute atomic E-state index is 0.0189. The van der Waals surface area contributed by atoms with Gasteiger partial charge in [-0.15, -0.1) is 0 Å². The van der Waals surface area contributed by atoms with Gasteiger partial charge in [-0.3, -0.25) is 13.9 Å². The van der Waals surface area contributed by atoms with E-state index in [4.69, 9.17) is 0 Å². The summed E-state index contributed by atoms with van der Waals surface area (Å²) in [7, 11) is -3.75. The molecule has 0 aliphatic rings. The van der Waals surface area contributed by atoms with Crippen molar-refractivity contribution in [1.29, 1.82) is 0 Å². The van der Waals surface area contributed by atoms with Crippen LogP contribution in [0.25, 0.3) is 0 Å². The quantitative estimate of drug-likeness (QED) is 0.375. The van der Waals surface area contributed by atoms with Crippen molar-refractivity contribution in [2.45, 2.75) is 65.5 Å². The Bertz CT molecular complexity index is 1110. The van der Waals surface area contributed by atoms with Gasteiger partial charge in [0.05, 0.1) is 11.9 Å². The fraction of sp³-hybridized carbons (Fsp3) is 0.481. The molecular weight excluding hydrogens is 481 g/mol. The normalized spacial score (nSPS) is 12.1. The molecule has 0 saturated heterocycles. The summed E-state index contributed by atoms with van der Waals surface area (Å²) in [5.74, 6) is -1.10. The van der Waals surface area contributed by atoms with Gasteiger partial charge < -0.3 is 10.2 Å². The van der Waals surface area contributed by atoms with E-state index in [9.17, 15) is 22.4 Å². The molecule has 2 aromatic carbocycles. The van der Waals surface area contributed by atoms with Crippen LogP contribution in [0.15, 0.2) is 48.5 Å². The van der Waals surface area contributed by atoms with Gasteiger partial charge in [0.2, 0.25) is 21.8 Å². The third-order valence-electron chi connectivity index (χ3n) is 5.96. The molecule has 1 N–H and O–H groups in total. The molecule has 0 aliphatic heterocycles. The van der Waals surface area contributed by atoms with Crippen LogP contribution in [0.5, 0.6) is 0 Å². The third-order valence-corrected chi connectivity index (χ3v) is 7.14. The average molecular weight is 520 g/mol. The summed E-state index contributed by atoms with van der Waals surface area (Å²) in [5.41, 5.74) is 1.94. The second-order valence-electron chi connectivity index (χ2n) is 8.97. The van der Waals surface area contributed by atoms with Crippen LogP contribution >= 0.6 is 0 Å². The van der Waals surface area contributed by atoms with E-state index in [1.807, 2.05) is 45.0 Å². The van der Waals surface area contributed by atoms with Gasteiger partial charge in [-0.2, -0.15) is 0 Å². The average Bonchev–Trinajstić information content (AvgIpc) is 2.83. The Kier molecular flexibility index (Phi) is 11.4. The minimum atomic E-state index is -3.75. The summed E-state index contributed by atoms with van der Waals surface area (Å²) in [4.78, 5) is 27.9. The first-order valence-electron chi connectivity index (χ1n) is 12.4. The molecule has 0 aromatic heterocycles. The third kappa shape index (κ3) is 8.62. The van der Waals surface area contributed by atoms with Gasteiger partial charge in [-0.1, -0.05) is 62.2 Å². The summed E-state index contributed by atoms with van der Waals surface area (Å²) < 4.78 is 40.0. The van der Waals surface area contributed by atoms with Gasteiger partial charge in [-0.05, 0) is 43.9 Å². The molecule has 0 spiro atoms. The maximum atomic E-state index is 14.3. The van der Waals surface area contributed by atoms with E-state index < -0.39 is 21.9 Å². The number of aryl methyl sites for hydroxylation is 1. The van der Waals surface area contributed by atoms with Crippen LogP contribution in [0.4, 0.5) is 10.1 Å². The van der Waals surface area contributed by atoms with Gasteiger partial charge >= 0.3 is 0 Å². The highest BCUT2D eigenvalue weighted by atomic mass is 32.2. The molecule has 0 aliphatic carbocycles. The predicted molar refractivity (Wildman–Crippen MR) is 142 cm³/mol. The van der Waals surface area contributed by atoms with E-state index in [1.165, 1.54) is 18.2 Å². The first kappa shape index (κ1) is 29.3. The standard InChI is InChI=1S/C27H38FN3O4S/c1-5-7-18-29-27(33)24(6-2)30(20-22-16-14-21(3)15-17-22)26(32)13-10-19-31(36(4,34)35)25-12-9-8-11-23(25)28/h8-9,11-12,14-17,24H,5-7,10,13,18-20H2,1-4H3,(H,29,33)/t24-/m0/s1. The SMILES string of the molecule is CCCCNC(=O)[C@H](CC)N(Cc1ccc(C)cc1)C(=O)CCCN(c1ccccc1F)S(C)(=O)=O. The molecule has 198 valence electrons. The van der Waals surface area contributed by atoms with Crippen molar-refractivity contribution in [3.63, 3.8) is 0 Å². The Morgan fingerprint density at radius 3 is 2.28 bits per heavy atom. The number of nitrogens with zero attached hydrogens (tertiary/aromatic N) is 2. The molecule has 1 atom stereocenters. The number of benzene rings is 2. The minimum Gasteiger partial charge on any atom is -0.354 e. The first-order valence-corrected chi connectivity index (χ1v) is 14.3. The Hall–Kier alpha value is -2.94. The van der Waals surface area contributed by atoms with E-state index in [0.717, 1.165) is 34.5 Å². The van der Waals surface area contributed by atoms with Crippen LogP contribution in [0.2, 0.25) is 0 Å². The van der Waals surface area contributed by atoms with Crippen molar-refractivity contribution in [1.82, 2.24) is 10.2 Å². The van der Waals surface area contributed by atoms with Gasteiger partial charge in [0.15, 0.2) is 0 Å². The lowest BCUT2D eigenvalue weighted by Crippen LogP contribution is -2.49. The molecule has 0 saturated carbocycles. The highest BCUT2D eigenvalue weighted by molar-refractivity contribution is 7.92. The van der Waals surface area contributed by atoms with Crippen molar-refractivity contribution in [2.24, 2.45) is 0 Å². The second-order valence-corrected chi connectivity index (χ2v) is 10.9. The Labute approximate surface area is 214 Å². The van der Waals surface area contributed by atoms with E-state index >= 15 is 0 Å². The number of nitrogens with one attached hydrogen (secondary N) is 1. The Morgan fingerprint density at radius 1 is 1.03 bits per heavy atom. The predicted octanol–water partition coefficient (Wildman–Crippen LogP) is 4.40. The summed E-state index contributed by atoms with van der Waals surface area (Å²) >= 11 is 0. The number of unbranched alkanes of at least 4 members (excludes halogenated alkanes) is 1. The van der Waals surface area contributed by atoms with Gasteiger partial charge in [0.1, 0.15) is 11.9 Å². The number of halogens is 1. The fourth-order valence-corrected chi connectivity index (χ4v) is 4.92. The van der Waals surface area contributed by atoms with Gasteiger partial charge in [0.25, 0.3) is 0 Å². The van der Waals surface area contributed by atoms with Crippen LogP contribution in [0, 0.1) is 12.7 Å². The summed E-state index contributed by atoms with van der Waals surface area (Å²) in [5, 5.41) is 2.92. The maximum Gasteiger partial charge on any atom is 0.242 e. The molecule has 0 heterocycles. The monoisotopic (exact) mass is 519 g/mol.